The lowest BCUT2D eigenvalue weighted by Crippen LogP contribution is -2.36. The summed E-state index contributed by atoms with van der Waals surface area (Å²) in [5, 5.41) is 7.05. The normalized spacial score (nSPS) is 10.2. The molecule has 0 aliphatic heterocycles. The number of rotatable bonds is 8. The van der Waals surface area contributed by atoms with Gasteiger partial charge in [-0.15, -0.1) is 0 Å². The second-order valence-electron chi connectivity index (χ2n) is 5.63. The van der Waals surface area contributed by atoms with E-state index in [1.165, 1.54) is 0 Å². The summed E-state index contributed by atoms with van der Waals surface area (Å²) in [5.74, 6) is 1.11. The summed E-state index contributed by atoms with van der Waals surface area (Å²) < 4.78 is 10.5. The highest BCUT2D eigenvalue weighted by Gasteiger charge is 2.10. The number of aromatic amines is 1. The van der Waals surface area contributed by atoms with Crippen LogP contribution in [-0.4, -0.2) is 30.3 Å². The lowest BCUT2D eigenvalue weighted by atomic mass is 10.1. The number of amides is 1. The van der Waals surface area contributed by atoms with Gasteiger partial charge in [0.25, 0.3) is 0 Å². The minimum Gasteiger partial charge on any atom is -0.493 e. The first-order chi connectivity index (χ1) is 12.0. The number of benzene rings is 1. The number of nitrogens with zero attached hydrogens (tertiary/aromatic N) is 1. The maximum absolute atomic E-state index is 12.0. The van der Waals surface area contributed by atoms with E-state index in [0.717, 1.165) is 22.5 Å². The monoisotopic (exact) mass is 344 g/mol. The fraction of sp³-hybridized carbons (Fsp3) is 0.333. The van der Waals surface area contributed by atoms with Crippen molar-refractivity contribution in [1.29, 1.82) is 0 Å². The van der Waals surface area contributed by atoms with Gasteiger partial charge in [-0.2, -0.15) is 5.10 Å². The molecule has 0 radical (unpaired) electrons. The summed E-state index contributed by atoms with van der Waals surface area (Å²) in [6.45, 7) is 7.80. The van der Waals surface area contributed by atoms with Crippen LogP contribution in [0.5, 0.6) is 11.5 Å². The van der Waals surface area contributed by atoms with Crippen LogP contribution >= 0.6 is 0 Å². The average Bonchev–Trinajstić information content (AvgIpc) is 2.95. The van der Waals surface area contributed by atoms with E-state index in [9.17, 15) is 4.79 Å². The summed E-state index contributed by atoms with van der Waals surface area (Å²) in [4.78, 5) is 12.0. The van der Waals surface area contributed by atoms with E-state index >= 15 is 0 Å². The zero-order chi connectivity index (χ0) is 18.4. The highest BCUT2D eigenvalue weighted by atomic mass is 16.5. The van der Waals surface area contributed by atoms with Crippen LogP contribution in [0.1, 0.15) is 28.9 Å². The van der Waals surface area contributed by atoms with E-state index in [0.29, 0.717) is 30.0 Å². The zero-order valence-corrected chi connectivity index (χ0v) is 15.0. The van der Waals surface area contributed by atoms with Crippen molar-refractivity contribution in [3.8, 4) is 11.5 Å². The number of hydrogen-bond acceptors (Lipinski definition) is 5. The fourth-order valence-corrected chi connectivity index (χ4v) is 2.48. The first kappa shape index (κ1) is 18.4. The van der Waals surface area contributed by atoms with E-state index in [-0.39, 0.29) is 5.91 Å². The van der Waals surface area contributed by atoms with E-state index in [1.54, 1.807) is 26.4 Å². The molecule has 0 atom stereocenters. The van der Waals surface area contributed by atoms with Crippen molar-refractivity contribution in [2.45, 2.75) is 26.7 Å². The summed E-state index contributed by atoms with van der Waals surface area (Å²) in [6, 6.07) is 5.41. The highest BCUT2D eigenvalue weighted by molar-refractivity contribution is 5.77. The van der Waals surface area contributed by atoms with Gasteiger partial charge in [-0.05, 0) is 44.0 Å². The van der Waals surface area contributed by atoms with Gasteiger partial charge in [-0.3, -0.25) is 20.7 Å². The van der Waals surface area contributed by atoms with Gasteiger partial charge in [0.05, 0.1) is 25.6 Å². The molecule has 2 rings (SSSR count). The van der Waals surface area contributed by atoms with Crippen LogP contribution in [0.4, 0.5) is 0 Å². The topological polar surface area (TPSA) is 88.3 Å². The van der Waals surface area contributed by atoms with Crippen LogP contribution in [-0.2, 0) is 11.2 Å². The molecule has 2 aromatic rings. The highest BCUT2D eigenvalue weighted by Crippen LogP contribution is 2.29. The second kappa shape index (κ2) is 8.23. The molecule has 25 heavy (non-hydrogen) atoms. The Balaban J connectivity index is 1.88. The van der Waals surface area contributed by atoms with Crippen LogP contribution in [0.15, 0.2) is 24.8 Å². The summed E-state index contributed by atoms with van der Waals surface area (Å²) in [6.07, 6.45) is 0.984. The van der Waals surface area contributed by atoms with Crippen LogP contribution in [0.25, 0.3) is 5.70 Å². The molecule has 0 fully saturated rings. The molecule has 0 saturated carbocycles. The van der Waals surface area contributed by atoms with Crippen molar-refractivity contribution in [3.63, 3.8) is 0 Å². The molecule has 0 unspecified atom stereocenters. The number of aryl methyl sites for hydroxylation is 2. The number of H-pyrrole nitrogens is 1. The van der Waals surface area contributed by atoms with Gasteiger partial charge >= 0.3 is 0 Å². The Morgan fingerprint density at radius 1 is 1.20 bits per heavy atom. The molecule has 3 N–H and O–H groups in total. The Kier molecular flexibility index (Phi) is 6.05. The molecule has 0 aliphatic carbocycles. The number of hydrazine groups is 1. The lowest BCUT2D eigenvalue weighted by Gasteiger charge is -2.13. The number of nitrogens with one attached hydrogen (secondary N) is 3. The molecule has 0 bridgehead atoms. The Morgan fingerprint density at radius 2 is 1.92 bits per heavy atom. The number of carbonyl (C=O) groups excluding carboxylic acids is 1. The van der Waals surface area contributed by atoms with Crippen molar-refractivity contribution in [2.75, 3.05) is 14.2 Å². The van der Waals surface area contributed by atoms with Gasteiger partial charge in [-0.1, -0.05) is 6.58 Å². The summed E-state index contributed by atoms with van der Waals surface area (Å²) in [5.41, 5.74) is 9.84. The summed E-state index contributed by atoms with van der Waals surface area (Å²) in [7, 11) is 3.15. The third-order valence-electron chi connectivity index (χ3n) is 3.97. The van der Waals surface area contributed by atoms with Gasteiger partial charge in [0.15, 0.2) is 11.5 Å². The largest absolute Gasteiger partial charge is 0.493 e. The van der Waals surface area contributed by atoms with Crippen LogP contribution in [0, 0.1) is 13.8 Å². The lowest BCUT2D eigenvalue weighted by molar-refractivity contribution is -0.121. The van der Waals surface area contributed by atoms with Gasteiger partial charge in [0, 0.05) is 17.7 Å². The molecular formula is C18H24N4O3. The number of hydrogen-bond donors (Lipinski definition) is 3. The van der Waals surface area contributed by atoms with E-state index in [1.807, 2.05) is 19.9 Å². The van der Waals surface area contributed by atoms with E-state index in [4.69, 9.17) is 9.47 Å². The number of ether oxygens (including phenoxy) is 2. The minimum absolute atomic E-state index is 0.123. The molecule has 0 saturated heterocycles. The standard InChI is InChI=1S/C18H24N4O3/c1-11(14-6-8-16(24-4)17(10-14)25-5)19-22-18(23)9-7-15-12(2)20-21-13(15)3/h6,8,10,19H,1,7,9H2,2-5H3,(H,20,21)(H,22,23). The van der Waals surface area contributed by atoms with Gasteiger partial charge in [0.2, 0.25) is 5.91 Å². The Morgan fingerprint density at radius 3 is 2.52 bits per heavy atom. The molecule has 1 aromatic heterocycles. The van der Waals surface area contributed by atoms with Gasteiger partial charge in [-0.25, -0.2) is 0 Å². The predicted octanol–water partition coefficient (Wildman–Crippen LogP) is 2.27. The maximum Gasteiger partial charge on any atom is 0.238 e. The molecule has 134 valence electrons. The van der Waals surface area contributed by atoms with Gasteiger partial charge in [0.1, 0.15) is 0 Å². The third kappa shape index (κ3) is 4.53. The molecule has 7 heteroatoms. The van der Waals surface area contributed by atoms with E-state index < -0.39 is 0 Å². The molecule has 0 spiro atoms. The van der Waals surface area contributed by atoms with Crippen molar-refractivity contribution in [2.24, 2.45) is 0 Å². The van der Waals surface area contributed by atoms with E-state index in [2.05, 4.69) is 27.6 Å². The first-order valence-corrected chi connectivity index (χ1v) is 7.92. The molecule has 1 amide bonds. The predicted molar refractivity (Wildman–Crippen MR) is 96.2 cm³/mol. The fourth-order valence-electron chi connectivity index (χ4n) is 2.48. The number of carbonyl (C=O) groups is 1. The Hall–Kier alpha value is -2.96. The average molecular weight is 344 g/mol. The minimum atomic E-state index is -0.123. The number of methoxy groups -OCH3 is 2. The molecule has 0 aliphatic rings. The maximum atomic E-state index is 12.0. The van der Waals surface area contributed by atoms with Crippen LogP contribution < -0.4 is 20.3 Å². The third-order valence-corrected chi connectivity index (χ3v) is 3.97. The molecular weight excluding hydrogens is 320 g/mol. The Labute approximate surface area is 147 Å². The molecule has 7 nitrogen and oxygen atoms in total. The Bertz CT molecular complexity index is 748. The molecule has 1 heterocycles. The van der Waals surface area contributed by atoms with Crippen molar-refractivity contribution < 1.29 is 14.3 Å². The number of aromatic nitrogens is 2. The van der Waals surface area contributed by atoms with Crippen LogP contribution in [0.2, 0.25) is 0 Å². The van der Waals surface area contributed by atoms with Gasteiger partial charge < -0.3 is 9.47 Å². The molecule has 1 aromatic carbocycles. The second-order valence-corrected chi connectivity index (χ2v) is 5.63. The smallest absolute Gasteiger partial charge is 0.238 e. The quantitative estimate of drug-likeness (QED) is 0.639. The van der Waals surface area contributed by atoms with Crippen molar-refractivity contribution in [1.82, 2.24) is 21.0 Å². The van der Waals surface area contributed by atoms with Crippen LogP contribution in [0.3, 0.4) is 0 Å². The zero-order valence-electron chi connectivity index (χ0n) is 15.0. The summed E-state index contributed by atoms with van der Waals surface area (Å²) >= 11 is 0. The first-order valence-electron chi connectivity index (χ1n) is 7.92. The van der Waals surface area contributed by atoms with Crippen molar-refractivity contribution >= 4 is 11.6 Å². The van der Waals surface area contributed by atoms with Crippen molar-refractivity contribution in [3.05, 3.63) is 47.3 Å². The SMILES string of the molecule is C=C(NNC(=O)CCc1c(C)n[nH]c1C)c1ccc(OC)c(OC)c1.